The molecule has 3 heteroatoms. The van der Waals surface area contributed by atoms with Gasteiger partial charge in [0.15, 0.2) is 0 Å². The predicted molar refractivity (Wildman–Crippen MR) is 73.8 cm³/mol. The minimum atomic E-state index is -0.489. The molecule has 2 aromatic heterocycles. The molecule has 0 saturated carbocycles. The molecule has 2 unspecified atom stereocenters. The molecule has 1 aliphatic rings. The molecule has 0 radical (unpaired) electrons. The van der Waals surface area contributed by atoms with E-state index in [0.29, 0.717) is 0 Å². The van der Waals surface area contributed by atoms with Crippen molar-refractivity contribution < 1.29 is 5.11 Å². The molecule has 1 aliphatic carbocycles. The first-order valence-electron chi connectivity index (χ1n) is 6.79. The van der Waals surface area contributed by atoms with E-state index in [4.69, 9.17) is 0 Å². The molecule has 0 saturated heterocycles. The largest absolute Gasteiger partial charge is 0.388 e. The smallest absolute Gasteiger partial charge is 0.0877 e. The van der Waals surface area contributed by atoms with E-state index in [1.807, 2.05) is 25.3 Å². The second-order valence-corrected chi connectivity index (χ2v) is 5.22. The van der Waals surface area contributed by atoms with E-state index in [1.54, 1.807) is 12.4 Å². The molecule has 1 N–H and O–H groups in total. The highest BCUT2D eigenvalue weighted by atomic mass is 16.3. The average Bonchev–Trinajstić information content (AvgIpc) is 2.46. The predicted octanol–water partition coefficient (Wildman–Crippen LogP) is 2.94. The van der Waals surface area contributed by atoms with Gasteiger partial charge >= 0.3 is 0 Å². The van der Waals surface area contributed by atoms with Gasteiger partial charge in [-0.2, -0.15) is 0 Å². The number of nitrogens with zero attached hydrogens (tertiary/aromatic N) is 2. The van der Waals surface area contributed by atoms with E-state index in [-0.39, 0.29) is 5.92 Å². The van der Waals surface area contributed by atoms with Crippen LogP contribution in [0.1, 0.15) is 47.2 Å². The third kappa shape index (κ3) is 2.26. The lowest BCUT2D eigenvalue weighted by molar-refractivity contribution is 0.133. The zero-order valence-electron chi connectivity index (χ0n) is 11.1. The van der Waals surface area contributed by atoms with Gasteiger partial charge in [-0.25, -0.2) is 0 Å². The van der Waals surface area contributed by atoms with E-state index in [0.717, 1.165) is 36.1 Å². The molecule has 2 heterocycles. The van der Waals surface area contributed by atoms with Gasteiger partial charge in [-0.1, -0.05) is 6.07 Å². The SMILES string of the molecule is Cc1cnccc1C(O)C1CCCc2cccnc21. The molecule has 0 spiro atoms. The number of aromatic nitrogens is 2. The van der Waals surface area contributed by atoms with Crippen molar-refractivity contribution in [1.29, 1.82) is 0 Å². The van der Waals surface area contributed by atoms with Gasteiger partial charge in [0.2, 0.25) is 0 Å². The molecule has 0 fully saturated rings. The van der Waals surface area contributed by atoms with E-state index < -0.39 is 6.10 Å². The van der Waals surface area contributed by atoms with Gasteiger partial charge in [-0.3, -0.25) is 9.97 Å². The Hall–Kier alpha value is -1.74. The van der Waals surface area contributed by atoms with Crippen LogP contribution in [0, 0.1) is 6.92 Å². The van der Waals surface area contributed by atoms with Gasteiger partial charge in [-0.15, -0.1) is 0 Å². The number of rotatable bonds is 2. The summed E-state index contributed by atoms with van der Waals surface area (Å²) in [7, 11) is 0. The van der Waals surface area contributed by atoms with Crippen LogP contribution in [-0.2, 0) is 6.42 Å². The lowest BCUT2D eigenvalue weighted by Crippen LogP contribution is -2.19. The third-order valence-corrected chi connectivity index (χ3v) is 4.00. The minimum absolute atomic E-state index is 0.103. The monoisotopic (exact) mass is 254 g/mol. The Bertz CT molecular complexity index is 582. The lowest BCUT2D eigenvalue weighted by Gasteiger charge is -2.29. The number of hydrogen-bond donors (Lipinski definition) is 1. The molecule has 0 aliphatic heterocycles. The Morgan fingerprint density at radius 3 is 3.05 bits per heavy atom. The van der Waals surface area contributed by atoms with E-state index in [9.17, 15) is 5.11 Å². The van der Waals surface area contributed by atoms with Crippen molar-refractivity contribution in [3.63, 3.8) is 0 Å². The Morgan fingerprint density at radius 2 is 2.21 bits per heavy atom. The zero-order valence-corrected chi connectivity index (χ0v) is 11.1. The first-order chi connectivity index (χ1) is 9.27. The summed E-state index contributed by atoms with van der Waals surface area (Å²) in [5, 5.41) is 10.7. The summed E-state index contributed by atoms with van der Waals surface area (Å²) in [6, 6.07) is 6.02. The highest BCUT2D eigenvalue weighted by molar-refractivity contribution is 5.32. The van der Waals surface area contributed by atoms with Gasteiger partial charge in [-0.05, 0) is 55.0 Å². The number of pyridine rings is 2. The Morgan fingerprint density at radius 1 is 1.32 bits per heavy atom. The van der Waals surface area contributed by atoms with E-state index >= 15 is 0 Å². The van der Waals surface area contributed by atoms with Crippen LogP contribution in [-0.4, -0.2) is 15.1 Å². The quantitative estimate of drug-likeness (QED) is 0.896. The van der Waals surface area contributed by atoms with Crippen LogP contribution in [0.2, 0.25) is 0 Å². The van der Waals surface area contributed by atoms with Crippen molar-refractivity contribution in [2.75, 3.05) is 0 Å². The third-order valence-electron chi connectivity index (χ3n) is 4.00. The Kier molecular flexibility index (Phi) is 3.30. The maximum Gasteiger partial charge on any atom is 0.0877 e. The van der Waals surface area contributed by atoms with Gasteiger partial charge in [0.05, 0.1) is 6.10 Å². The highest BCUT2D eigenvalue weighted by Gasteiger charge is 2.29. The fraction of sp³-hybridized carbons (Fsp3) is 0.375. The maximum absolute atomic E-state index is 10.7. The number of aliphatic hydroxyl groups excluding tert-OH is 1. The summed E-state index contributed by atoms with van der Waals surface area (Å²) >= 11 is 0. The molecular formula is C16H18N2O. The van der Waals surface area contributed by atoms with Crippen LogP contribution in [0.5, 0.6) is 0 Å². The second-order valence-electron chi connectivity index (χ2n) is 5.22. The van der Waals surface area contributed by atoms with Gasteiger partial charge in [0.1, 0.15) is 0 Å². The molecule has 0 bridgehead atoms. The Labute approximate surface area is 113 Å². The summed E-state index contributed by atoms with van der Waals surface area (Å²) in [6.07, 6.45) is 8.06. The van der Waals surface area contributed by atoms with E-state index in [2.05, 4.69) is 16.0 Å². The Balaban J connectivity index is 1.98. The fourth-order valence-corrected chi connectivity index (χ4v) is 2.99. The summed E-state index contributed by atoms with van der Waals surface area (Å²) in [4.78, 5) is 8.59. The standard InChI is InChI=1S/C16H18N2O/c1-11-10-17-9-7-13(11)16(19)14-6-2-4-12-5-3-8-18-15(12)14/h3,5,7-10,14,16,19H,2,4,6H2,1H3. The van der Waals surface area contributed by atoms with Crippen LogP contribution in [0.3, 0.4) is 0 Å². The van der Waals surface area contributed by atoms with Gasteiger partial charge in [0.25, 0.3) is 0 Å². The van der Waals surface area contributed by atoms with Crippen LogP contribution < -0.4 is 0 Å². The van der Waals surface area contributed by atoms with Crippen LogP contribution in [0.4, 0.5) is 0 Å². The van der Waals surface area contributed by atoms with Gasteiger partial charge < -0.3 is 5.11 Å². The lowest BCUT2D eigenvalue weighted by atomic mass is 9.80. The molecule has 0 aromatic carbocycles. The molecule has 3 nitrogen and oxygen atoms in total. The molecule has 19 heavy (non-hydrogen) atoms. The van der Waals surface area contributed by atoms with Crippen LogP contribution in [0.25, 0.3) is 0 Å². The summed E-state index contributed by atoms with van der Waals surface area (Å²) in [5.74, 6) is 0.103. The van der Waals surface area contributed by atoms with Crippen LogP contribution in [0.15, 0.2) is 36.8 Å². The summed E-state index contributed by atoms with van der Waals surface area (Å²) in [5.41, 5.74) is 4.36. The fourth-order valence-electron chi connectivity index (χ4n) is 2.99. The maximum atomic E-state index is 10.7. The van der Waals surface area contributed by atoms with Crippen molar-refractivity contribution >= 4 is 0 Å². The van der Waals surface area contributed by atoms with E-state index in [1.165, 1.54) is 5.56 Å². The molecule has 3 rings (SSSR count). The van der Waals surface area contributed by atoms with Crippen molar-refractivity contribution in [3.05, 3.63) is 59.2 Å². The minimum Gasteiger partial charge on any atom is -0.388 e. The molecule has 2 aromatic rings. The number of fused-ring (bicyclic) bond motifs is 1. The number of aliphatic hydroxyl groups is 1. The average molecular weight is 254 g/mol. The highest BCUT2D eigenvalue weighted by Crippen LogP contribution is 2.39. The van der Waals surface area contributed by atoms with Crippen molar-refractivity contribution in [2.24, 2.45) is 0 Å². The first kappa shape index (κ1) is 12.3. The normalized spacial score (nSPS) is 19.8. The van der Waals surface area contributed by atoms with Gasteiger partial charge in [0, 0.05) is 30.2 Å². The second kappa shape index (κ2) is 5.10. The molecular weight excluding hydrogens is 236 g/mol. The number of aryl methyl sites for hydroxylation is 2. The molecule has 2 atom stereocenters. The molecule has 98 valence electrons. The molecule has 0 amide bonds. The topological polar surface area (TPSA) is 46.0 Å². The van der Waals surface area contributed by atoms with Crippen LogP contribution >= 0.6 is 0 Å². The first-order valence-corrected chi connectivity index (χ1v) is 6.79. The summed E-state index contributed by atoms with van der Waals surface area (Å²) in [6.45, 7) is 1.99. The van der Waals surface area contributed by atoms with Crippen molar-refractivity contribution in [2.45, 2.75) is 38.2 Å². The van der Waals surface area contributed by atoms with Crippen molar-refractivity contribution in [1.82, 2.24) is 9.97 Å². The number of hydrogen-bond acceptors (Lipinski definition) is 3. The zero-order chi connectivity index (χ0) is 13.2. The summed E-state index contributed by atoms with van der Waals surface area (Å²) < 4.78 is 0. The van der Waals surface area contributed by atoms with Crippen molar-refractivity contribution in [3.8, 4) is 0 Å².